The summed E-state index contributed by atoms with van der Waals surface area (Å²) in [4.78, 5) is 47.3. The molecule has 4 aromatic heterocycles. The number of aromatic nitrogens is 2. The summed E-state index contributed by atoms with van der Waals surface area (Å²) >= 11 is 4.03. The van der Waals surface area contributed by atoms with Crippen LogP contribution in [0, 0.1) is 19.8 Å². The minimum absolute atomic E-state index is 0.0126. The highest BCUT2D eigenvalue weighted by Crippen LogP contribution is 2.39. The Balaban J connectivity index is 1.33. The predicted octanol–water partition coefficient (Wildman–Crippen LogP) is 7.42. The third-order valence-electron chi connectivity index (χ3n) is 7.52. The predicted molar refractivity (Wildman–Crippen MR) is 173 cm³/mol. The van der Waals surface area contributed by atoms with E-state index in [1.807, 2.05) is 44.2 Å². The SMILES string of the molecule is CCOC(=O)c1c(-c2ccc(C)o2)csc1NC(=O)CSc1nc2sc3c(c2c(=O)n1-c1ccccc1C)CC[C@H](C)C3. The van der Waals surface area contributed by atoms with Crippen molar-refractivity contribution in [2.75, 3.05) is 17.7 Å². The summed E-state index contributed by atoms with van der Waals surface area (Å²) < 4.78 is 12.7. The lowest BCUT2D eigenvalue weighted by Gasteiger charge is -2.18. The molecule has 1 atom stereocenters. The molecule has 6 rings (SSSR count). The summed E-state index contributed by atoms with van der Waals surface area (Å²) in [5.41, 5.74) is 3.53. The number of hydrogen-bond donors (Lipinski definition) is 1. The number of anilines is 1. The van der Waals surface area contributed by atoms with Gasteiger partial charge in [-0.3, -0.25) is 14.2 Å². The van der Waals surface area contributed by atoms with E-state index in [1.165, 1.54) is 28.0 Å². The number of rotatable bonds is 8. The minimum atomic E-state index is -0.535. The van der Waals surface area contributed by atoms with Crippen LogP contribution < -0.4 is 10.9 Å². The van der Waals surface area contributed by atoms with E-state index >= 15 is 0 Å². The largest absolute Gasteiger partial charge is 0.462 e. The summed E-state index contributed by atoms with van der Waals surface area (Å²) in [5.74, 6) is 0.937. The van der Waals surface area contributed by atoms with Gasteiger partial charge in [-0.25, -0.2) is 9.78 Å². The standard InChI is InChI=1S/C32H31N3O5S3/c1-5-39-31(38)27-21(23-13-11-19(4)40-23)15-41-28(27)33-25(36)16-42-32-34-29-26(20-12-10-17(2)14-24(20)43-29)30(37)35(32)22-9-7-6-8-18(22)3/h6-9,11,13,15,17H,5,10,12,14,16H2,1-4H3,(H,33,36)/t17-/m0/s1. The second-order valence-electron chi connectivity index (χ2n) is 10.7. The van der Waals surface area contributed by atoms with Crippen LogP contribution in [0.1, 0.15) is 52.4 Å². The number of ether oxygens (including phenoxy) is 1. The number of amides is 1. The number of fused-ring (bicyclic) bond motifs is 3. The maximum absolute atomic E-state index is 14.1. The lowest BCUT2D eigenvalue weighted by molar-refractivity contribution is -0.113. The fraction of sp³-hybridized carbons (Fsp3) is 0.312. The molecule has 11 heteroatoms. The molecule has 1 N–H and O–H groups in total. The highest BCUT2D eigenvalue weighted by Gasteiger charge is 2.27. The highest BCUT2D eigenvalue weighted by molar-refractivity contribution is 7.99. The number of thioether (sulfide) groups is 1. The maximum atomic E-state index is 14.1. The Kier molecular flexibility index (Phi) is 8.30. The number of hydrogen-bond acceptors (Lipinski definition) is 9. The van der Waals surface area contributed by atoms with Crippen molar-refractivity contribution in [2.24, 2.45) is 5.92 Å². The molecule has 0 bridgehead atoms. The van der Waals surface area contributed by atoms with Gasteiger partial charge in [0.25, 0.3) is 5.56 Å². The van der Waals surface area contributed by atoms with Crippen LogP contribution in [-0.4, -0.2) is 33.8 Å². The Bertz CT molecular complexity index is 1910. The number of carbonyl (C=O) groups excluding carboxylic acids is 2. The molecule has 4 heterocycles. The molecule has 0 aliphatic heterocycles. The van der Waals surface area contributed by atoms with E-state index in [1.54, 1.807) is 34.3 Å². The Labute approximate surface area is 261 Å². The van der Waals surface area contributed by atoms with E-state index in [9.17, 15) is 14.4 Å². The molecule has 0 radical (unpaired) electrons. The summed E-state index contributed by atoms with van der Waals surface area (Å²) in [6.45, 7) is 7.96. The average Bonchev–Trinajstić information content (AvgIpc) is 3.69. The van der Waals surface area contributed by atoms with Gasteiger partial charge in [-0.15, -0.1) is 22.7 Å². The number of thiophene rings is 2. The first-order valence-corrected chi connectivity index (χ1v) is 16.8. The van der Waals surface area contributed by atoms with Gasteiger partial charge in [-0.2, -0.15) is 0 Å². The molecular weight excluding hydrogens is 603 g/mol. The zero-order valence-corrected chi connectivity index (χ0v) is 26.8. The van der Waals surface area contributed by atoms with Crippen molar-refractivity contribution in [1.29, 1.82) is 0 Å². The number of nitrogens with zero attached hydrogens (tertiary/aromatic N) is 2. The van der Waals surface area contributed by atoms with Crippen LogP contribution in [0.5, 0.6) is 0 Å². The molecule has 8 nitrogen and oxygen atoms in total. The van der Waals surface area contributed by atoms with Crippen LogP contribution in [-0.2, 0) is 22.4 Å². The molecule has 0 saturated heterocycles. The van der Waals surface area contributed by atoms with Gasteiger partial charge in [0.05, 0.1) is 23.4 Å². The molecule has 0 fully saturated rings. The van der Waals surface area contributed by atoms with Crippen molar-refractivity contribution in [3.8, 4) is 17.0 Å². The third kappa shape index (κ3) is 5.69. The molecule has 0 unspecified atom stereocenters. The monoisotopic (exact) mass is 633 g/mol. The van der Waals surface area contributed by atoms with Gasteiger partial charge in [0, 0.05) is 15.8 Å². The van der Waals surface area contributed by atoms with Crippen LogP contribution in [0.25, 0.3) is 27.2 Å². The zero-order valence-electron chi connectivity index (χ0n) is 24.3. The van der Waals surface area contributed by atoms with E-state index in [-0.39, 0.29) is 29.4 Å². The van der Waals surface area contributed by atoms with Gasteiger partial charge in [0.1, 0.15) is 26.9 Å². The highest BCUT2D eigenvalue weighted by atomic mass is 32.2. The summed E-state index contributed by atoms with van der Waals surface area (Å²) in [6.07, 6.45) is 2.88. The van der Waals surface area contributed by atoms with Crippen LogP contribution in [0.4, 0.5) is 5.00 Å². The van der Waals surface area contributed by atoms with Crippen molar-refractivity contribution < 1.29 is 18.7 Å². The Morgan fingerprint density at radius 3 is 2.77 bits per heavy atom. The summed E-state index contributed by atoms with van der Waals surface area (Å²) in [6, 6.07) is 11.3. The second-order valence-corrected chi connectivity index (χ2v) is 13.6. The van der Waals surface area contributed by atoms with Crippen molar-refractivity contribution in [1.82, 2.24) is 9.55 Å². The average molecular weight is 634 g/mol. The van der Waals surface area contributed by atoms with E-state index in [4.69, 9.17) is 14.1 Å². The maximum Gasteiger partial charge on any atom is 0.341 e. The second kappa shape index (κ2) is 12.1. The van der Waals surface area contributed by atoms with Crippen molar-refractivity contribution in [3.63, 3.8) is 0 Å². The van der Waals surface area contributed by atoms with E-state index < -0.39 is 5.97 Å². The summed E-state index contributed by atoms with van der Waals surface area (Å²) in [5, 5.41) is 6.20. The lowest BCUT2D eigenvalue weighted by Crippen LogP contribution is -2.24. The molecular formula is C32H31N3O5S3. The normalized spacial score (nSPS) is 14.6. The molecule has 222 valence electrons. The Morgan fingerprint density at radius 2 is 2.02 bits per heavy atom. The van der Waals surface area contributed by atoms with E-state index in [0.29, 0.717) is 38.5 Å². The third-order valence-corrected chi connectivity index (χ3v) is 10.5. The number of carbonyl (C=O) groups is 2. The first-order chi connectivity index (χ1) is 20.7. The first-order valence-electron chi connectivity index (χ1n) is 14.2. The van der Waals surface area contributed by atoms with Crippen LogP contribution in [0.3, 0.4) is 0 Å². The molecule has 1 aromatic carbocycles. The molecule has 1 aliphatic carbocycles. The molecule has 1 aliphatic rings. The van der Waals surface area contributed by atoms with E-state index in [0.717, 1.165) is 40.9 Å². The van der Waals surface area contributed by atoms with Gasteiger partial charge in [-0.1, -0.05) is 36.9 Å². The number of benzene rings is 1. The minimum Gasteiger partial charge on any atom is -0.462 e. The van der Waals surface area contributed by atoms with Gasteiger partial charge < -0.3 is 14.5 Å². The van der Waals surface area contributed by atoms with Gasteiger partial charge in [-0.05, 0) is 75.3 Å². The topological polar surface area (TPSA) is 103 Å². The van der Waals surface area contributed by atoms with Crippen LogP contribution in [0.15, 0.2) is 56.1 Å². The van der Waals surface area contributed by atoms with Crippen LogP contribution >= 0.6 is 34.4 Å². The molecule has 0 spiro atoms. The number of esters is 1. The number of nitrogens with one attached hydrogen (secondary N) is 1. The number of furan rings is 1. The molecule has 1 amide bonds. The quantitative estimate of drug-likeness (QED) is 0.108. The van der Waals surface area contributed by atoms with Crippen molar-refractivity contribution >= 4 is 61.5 Å². The molecule has 43 heavy (non-hydrogen) atoms. The van der Waals surface area contributed by atoms with Gasteiger partial charge in [0.2, 0.25) is 5.91 Å². The Morgan fingerprint density at radius 1 is 1.21 bits per heavy atom. The van der Waals surface area contributed by atoms with E-state index in [2.05, 4.69) is 12.2 Å². The van der Waals surface area contributed by atoms with Gasteiger partial charge >= 0.3 is 5.97 Å². The van der Waals surface area contributed by atoms with Crippen LogP contribution in [0.2, 0.25) is 0 Å². The Hall–Kier alpha value is -3.67. The van der Waals surface area contributed by atoms with Gasteiger partial charge in [0.15, 0.2) is 5.16 Å². The zero-order chi connectivity index (χ0) is 30.2. The van der Waals surface area contributed by atoms with Crippen molar-refractivity contribution in [3.05, 3.63) is 79.5 Å². The molecule has 0 saturated carbocycles. The fourth-order valence-corrected chi connectivity index (χ4v) is 8.59. The molecule has 5 aromatic rings. The number of para-hydroxylation sites is 1. The first kappa shape index (κ1) is 29.4. The number of aryl methyl sites for hydroxylation is 3. The fourth-order valence-electron chi connectivity index (χ4n) is 5.40. The van der Waals surface area contributed by atoms with Crippen molar-refractivity contribution in [2.45, 2.75) is 52.1 Å². The smallest absolute Gasteiger partial charge is 0.341 e. The lowest BCUT2D eigenvalue weighted by atomic mass is 9.89. The summed E-state index contributed by atoms with van der Waals surface area (Å²) in [7, 11) is 0.